The maximum Gasteiger partial charge on any atom is 0.265 e. The van der Waals surface area contributed by atoms with Crippen molar-refractivity contribution in [3.8, 4) is 22.7 Å². The molecule has 9 nitrogen and oxygen atoms in total. The lowest BCUT2D eigenvalue weighted by molar-refractivity contribution is 0.469. The van der Waals surface area contributed by atoms with Gasteiger partial charge >= 0.3 is 0 Å². The van der Waals surface area contributed by atoms with E-state index in [1.54, 1.807) is 15.4 Å². The Morgan fingerprint density at radius 1 is 0.974 bits per heavy atom. The van der Waals surface area contributed by atoms with Crippen LogP contribution in [0.1, 0.15) is 16.8 Å². The summed E-state index contributed by atoms with van der Waals surface area (Å²) in [6.45, 7) is 3.95. The minimum Gasteiger partial charge on any atom is -0.508 e. The number of benzene rings is 2. The highest BCUT2D eigenvalue weighted by Crippen LogP contribution is 2.33. The normalized spacial score (nSPS) is 11.4. The van der Waals surface area contributed by atoms with Gasteiger partial charge in [-0.15, -0.1) is 0 Å². The van der Waals surface area contributed by atoms with Gasteiger partial charge in [0.1, 0.15) is 29.4 Å². The molecule has 38 heavy (non-hydrogen) atoms. The van der Waals surface area contributed by atoms with Gasteiger partial charge in [0.15, 0.2) is 5.65 Å². The molecule has 4 heterocycles. The molecule has 4 aromatic heterocycles. The summed E-state index contributed by atoms with van der Waals surface area (Å²) in [7, 11) is 0. The number of hydrogen-bond donors (Lipinski definition) is 2. The number of hydrogen-bond acceptors (Lipinski definition) is 7. The van der Waals surface area contributed by atoms with Crippen molar-refractivity contribution in [1.82, 2.24) is 29.3 Å². The minimum absolute atomic E-state index is 0.128. The van der Waals surface area contributed by atoms with Crippen LogP contribution in [0.5, 0.6) is 5.75 Å². The zero-order valence-electron chi connectivity index (χ0n) is 20.6. The quantitative estimate of drug-likeness (QED) is 0.365. The van der Waals surface area contributed by atoms with Gasteiger partial charge in [-0.25, -0.2) is 19.0 Å². The van der Waals surface area contributed by atoms with Crippen molar-refractivity contribution in [3.63, 3.8) is 0 Å². The zero-order chi connectivity index (χ0) is 26.6. The number of nitrogen functional groups attached to an aromatic ring is 1. The molecule has 0 amide bonds. The van der Waals surface area contributed by atoms with Crippen molar-refractivity contribution in [1.29, 1.82) is 0 Å². The Morgan fingerprint density at radius 3 is 2.58 bits per heavy atom. The first-order valence-corrected chi connectivity index (χ1v) is 11.8. The smallest absolute Gasteiger partial charge is 0.265 e. The van der Waals surface area contributed by atoms with E-state index in [1.165, 1.54) is 18.5 Å². The van der Waals surface area contributed by atoms with Crippen molar-refractivity contribution in [2.45, 2.75) is 20.4 Å². The molecule has 0 aliphatic heterocycles. The summed E-state index contributed by atoms with van der Waals surface area (Å²) < 4.78 is 17.4. The van der Waals surface area contributed by atoms with Crippen LogP contribution in [-0.4, -0.2) is 34.4 Å². The highest BCUT2D eigenvalue weighted by atomic mass is 19.1. The number of halogens is 1. The molecule has 2 aromatic carbocycles. The Balaban J connectivity index is 1.63. The first-order valence-electron chi connectivity index (χ1n) is 11.8. The van der Waals surface area contributed by atoms with Gasteiger partial charge in [-0.05, 0) is 55.3 Å². The molecule has 0 atom stereocenters. The van der Waals surface area contributed by atoms with Gasteiger partial charge in [0.05, 0.1) is 34.2 Å². The van der Waals surface area contributed by atoms with Gasteiger partial charge in [-0.3, -0.25) is 14.3 Å². The standard InChI is InChI=1S/C28H22FN7O2/c1-15-5-3-4-6-22(15)36-19(12-21-23(28(36)38)16(2)7-8-31-21)13-35-27-24(26(30)32-14-33-27)25(34-35)17-9-18(29)11-20(37)10-17/h3-12,14,37H,13H2,1-2H3,(H2,30,32,33). The Bertz CT molecular complexity index is 1920. The van der Waals surface area contributed by atoms with Crippen LogP contribution in [0.4, 0.5) is 10.2 Å². The third-order valence-corrected chi connectivity index (χ3v) is 6.58. The maximum absolute atomic E-state index is 14.2. The number of aromatic nitrogens is 6. The number of pyridine rings is 2. The molecule has 10 heteroatoms. The van der Waals surface area contributed by atoms with Crippen LogP contribution in [0.2, 0.25) is 0 Å². The molecule has 6 aromatic rings. The number of phenols is 1. The third kappa shape index (κ3) is 3.74. The number of aromatic hydroxyl groups is 1. The number of anilines is 1. The van der Waals surface area contributed by atoms with Crippen molar-refractivity contribution in [2.24, 2.45) is 0 Å². The largest absolute Gasteiger partial charge is 0.508 e. The molecule has 6 rings (SSSR count). The van der Waals surface area contributed by atoms with Crippen molar-refractivity contribution >= 4 is 27.8 Å². The van der Waals surface area contributed by atoms with Crippen molar-refractivity contribution < 1.29 is 9.50 Å². The summed E-state index contributed by atoms with van der Waals surface area (Å²) in [6, 6.07) is 15.0. The molecule has 0 aliphatic rings. The van der Waals surface area contributed by atoms with E-state index in [0.29, 0.717) is 38.9 Å². The van der Waals surface area contributed by atoms with Crippen LogP contribution < -0.4 is 11.3 Å². The molecule has 0 saturated heterocycles. The second kappa shape index (κ2) is 8.77. The second-order valence-corrected chi connectivity index (χ2v) is 9.11. The number of rotatable bonds is 4. The van der Waals surface area contributed by atoms with Crippen LogP contribution in [0.25, 0.3) is 38.9 Å². The Hall–Kier alpha value is -5.12. The van der Waals surface area contributed by atoms with Gasteiger partial charge in [0, 0.05) is 17.8 Å². The summed E-state index contributed by atoms with van der Waals surface area (Å²) in [5, 5.41) is 15.6. The molecule has 0 fully saturated rings. The van der Waals surface area contributed by atoms with Crippen molar-refractivity contribution in [2.75, 3.05) is 5.73 Å². The number of nitrogens with zero attached hydrogens (tertiary/aromatic N) is 6. The van der Waals surface area contributed by atoms with E-state index in [2.05, 4.69) is 15.0 Å². The fraction of sp³-hybridized carbons (Fsp3) is 0.107. The molecule has 0 saturated carbocycles. The fourth-order valence-electron chi connectivity index (χ4n) is 4.83. The molecule has 0 spiro atoms. The average Bonchev–Trinajstić information content (AvgIpc) is 3.24. The molecule has 0 radical (unpaired) electrons. The van der Waals surface area contributed by atoms with Gasteiger partial charge in [-0.2, -0.15) is 5.10 Å². The van der Waals surface area contributed by atoms with Crippen molar-refractivity contribution in [3.05, 3.63) is 100 Å². The predicted octanol–water partition coefficient (Wildman–Crippen LogP) is 4.28. The average molecular weight is 508 g/mol. The SMILES string of the molecule is Cc1ccccc1-n1c(Cn2nc(-c3cc(O)cc(F)c3)c3c(N)ncnc32)cc2nccc(C)c2c1=O. The lowest BCUT2D eigenvalue weighted by Crippen LogP contribution is -2.25. The fourth-order valence-corrected chi connectivity index (χ4v) is 4.83. The van der Waals surface area contributed by atoms with E-state index >= 15 is 0 Å². The molecular formula is C28H22FN7O2. The second-order valence-electron chi connectivity index (χ2n) is 9.11. The monoisotopic (exact) mass is 507 g/mol. The summed E-state index contributed by atoms with van der Waals surface area (Å²) >= 11 is 0. The predicted molar refractivity (Wildman–Crippen MR) is 143 cm³/mol. The van der Waals surface area contributed by atoms with Gasteiger partial charge in [0.25, 0.3) is 5.56 Å². The van der Waals surface area contributed by atoms with E-state index in [1.807, 2.05) is 50.2 Å². The molecule has 0 bridgehead atoms. The Labute approximate surface area is 215 Å². The van der Waals surface area contributed by atoms with E-state index in [0.717, 1.165) is 22.9 Å². The first kappa shape index (κ1) is 23.3. The number of nitrogens with two attached hydrogens (primary N) is 1. The molecule has 3 N–H and O–H groups in total. The van der Waals surface area contributed by atoms with E-state index in [-0.39, 0.29) is 23.7 Å². The van der Waals surface area contributed by atoms with Crippen LogP contribution in [0, 0.1) is 19.7 Å². The Kier molecular flexibility index (Phi) is 5.37. The number of fused-ring (bicyclic) bond motifs is 2. The summed E-state index contributed by atoms with van der Waals surface area (Å²) in [4.78, 5) is 26.9. The van der Waals surface area contributed by atoms with Crippen LogP contribution in [-0.2, 0) is 6.54 Å². The summed E-state index contributed by atoms with van der Waals surface area (Å²) in [5.41, 5.74) is 10.7. The van der Waals surface area contributed by atoms with Gasteiger partial charge in [0.2, 0.25) is 0 Å². The first-order chi connectivity index (χ1) is 18.3. The number of para-hydroxylation sites is 1. The Morgan fingerprint density at radius 2 is 1.79 bits per heavy atom. The van der Waals surface area contributed by atoms with Crippen LogP contribution in [0.15, 0.2) is 71.9 Å². The molecule has 188 valence electrons. The summed E-state index contributed by atoms with van der Waals surface area (Å²) in [6.07, 6.45) is 2.99. The van der Waals surface area contributed by atoms with E-state index in [4.69, 9.17) is 10.8 Å². The van der Waals surface area contributed by atoms with Crippen LogP contribution in [0.3, 0.4) is 0 Å². The van der Waals surface area contributed by atoms with Gasteiger partial charge < -0.3 is 10.8 Å². The topological polar surface area (TPSA) is 125 Å². The lowest BCUT2D eigenvalue weighted by atomic mass is 10.1. The van der Waals surface area contributed by atoms with E-state index < -0.39 is 5.82 Å². The number of phenolic OH excluding ortho intramolecular Hbond substituents is 1. The van der Waals surface area contributed by atoms with Crippen LogP contribution >= 0.6 is 0 Å². The molecule has 0 aliphatic carbocycles. The maximum atomic E-state index is 14.2. The lowest BCUT2D eigenvalue weighted by Gasteiger charge is -2.17. The highest BCUT2D eigenvalue weighted by Gasteiger charge is 2.21. The molecule has 0 unspecified atom stereocenters. The zero-order valence-corrected chi connectivity index (χ0v) is 20.6. The van der Waals surface area contributed by atoms with Gasteiger partial charge in [-0.1, -0.05) is 18.2 Å². The number of aryl methyl sites for hydroxylation is 2. The third-order valence-electron chi connectivity index (χ3n) is 6.58. The molecular weight excluding hydrogens is 485 g/mol. The summed E-state index contributed by atoms with van der Waals surface area (Å²) in [5.74, 6) is -0.711. The highest BCUT2D eigenvalue weighted by molar-refractivity contribution is 5.98. The van der Waals surface area contributed by atoms with E-state index in [9.17, 15) is 14.3 Å². The minimum atomic E-state index is -0.623.